The molecule has 0 spiro atoms. The van der Waals surface area contributed by atoms with Gasteiger partial charge in [-0.05, 0) is 24.4 Å². The Balaban J connectivity index is 2.65. The molecule has 0 unspecified atom stereocenters. The summed E-state index contributed by atoms with van der Waals surface area (Å²) >= 11 is 0. The molecule has 0 atom stereocenters. The molecule has 0 aliphatic rings. The van der Waals surface area contributed by atoms with Crippen LogP contribution in [0.1, 0.15) is 12.0 Å². The minimum Gasteiger partial charge on any atom is -0.466 e. The van der Waals surface area contributed by atoms with Crippen molar-refractivity contribution >= 4 is 14.0 Å². The Labute approximate surface area is 117 Å². The summed E-state index contributed by atoms with van der Waals surface area (Å²) in [4.78, 5) is 11.8. The highest BCUT2D eigenvalue weighted by molar-refractivity contribution is 6.77. The van der Waals surface area contributed by atoms with E-state index < -0.39 is 8.07 Å². The fourth-order valence-electron chi connectivity index (χ4n) is 1.99. The number of aryl methyl sites for hydroxylation is 1. The summed E-state index contributed by atoms with van der Waals surface area (Å²) in [5.74, 6) is -0.171. The van der Waals surface area contributed by atoms with Crippen molar-refractivity contribution in [2.45, 2.75) is 38.5 Å². The van der Waals surface area contributed by atoms with Gasteiger partial charge < -0.3 is 4.74 Å². The van der Waals surface area contributed by atoms with Gasteiger partial charge in [0.1, 0.15) is 0 Å². The average molecular weight is 276 g/mol. The summed E-state index contributed by atoms with van der Waals surface area (Å²) < 4.78 is 4.88. The quantitative estimate of drug-likeness (QED) is 0.445. The predicted octanol–water partition coefficient (Wildman–Crippen LogP) is 4.06. The zero-order chi connectivity index (χ0) is 14.3. The van der Waals surface area contributed by atoms with Gasteiger partial charge in [0.2, 0.25) is 0 Å². The number of hydrogen-bond donors (Lipinski definition) is 0. The number of methoxy groups -OCH3 is 1. The van der Waals surface area contributed by atoms with Gasteiger partial charge in [-0.25, -0.2) is 4.79 Å². The summed E-state index contributed by atoms with van der Waals surface area (Å²) in [7, 11) is 0.158. The molecular weight excluding hydrogens is 252 g/mol. The molecule has 1 aromatic rings. The van der Waals surface area contributed by atoms with Gasteiger partial charge in [-0.3, -0.25) is 0 Å². The smallest absolute Gasteiger partial charge is 0.333 e. The zero-order valence-corrected chi connectivity index (χ0v) is 13.4. The first-order valence-electron chi connectivity index (χ1n) is 6.73. The average Bonchev–Trinajstić information content (AvgIpc) is 2.36. The molecule has 1 rings (SSSR count). The third-order valence-corrected chi connectivity index (χ3v) is 4.28. The van der Waals surface area contributed by atoms with E-state index in [-0.39, 0.29) is 5.97 Å². The normalized spacial score (nSPS) is 12.3. The molecule has 2 nitrogen and oxygen atoms in total. The first-order valence-corrected chi connectivity index (χ1v) is 10.4. The lowest BCUT2D eigenvalue weighted by Crippen LogP contribution is -2.23. The van der Waals surface area contributed by atoms with E-state index in [1.165, 1.54) is 12.7 Å². The first-order chi connectivity index (χ1) is 8.92. The molecule has 0 saturated carbocycles. The van der Waals surface area contributed by atoms with Crippen LogP contribution in [0.15, 0.2) is 42.0 Å². The maximum absolute atomic E-state index is 11.8. The third kappa shape index (κ3) is 6.39. The number of rotatable bonds is 6. The topological polar surface area (TPSA) is 26.3 Å². The summed E-state index contributed by atoms with van der Waals surface area (Å²) in [5, 5.41) is 0. The molecule has 0 radical (unpaired) electrons. The number of benzene rings is 1. The van der Waals surface area contributed by atoms with Gasteiger partial charge in [-0.15, -0.1) is 0 Å². The van der Waals surface area contributed by atoms with Crippen LogP contribution in [0.4, 0.5) is 0 Å². The Morgan fingerprint density at radius 3 is 2.37 bits per heavy atom. The molecule has 0 N–H and O–H groups in total. The second-order valence-corrected chi connectivity index (χ2v) is 11.5. The van der Waals surface area contributed by atoms with Crippen molar-refractivity contribution < 1.29 is 9.53 Å². The Bertz CT molecular complexity index is 430. The van der Waals surface area contributed by atoms with Crippen LogP contribution in [-0.2, 0) is 16.0 Å². The Hall–Kier alpha value is -1.35. The highest BCUT2D eigenvalue weighted by atomic mass is 28.3. The highest BCUT2D eigenvalue weighted by Gasteiger charge is 2.20. The van der Waals surface area contributed by atoms with Crippen molar-refractivity contribution in [1.82, 2.24) is 0 Å². The van der Waals surface area contributed by atoms with Crippen LogP contribution < -0.4 is 0 Å². The molecule has 0 aliphatic carbocycles. The van der Waals surface area contributed by atoms with E-state index in [9.17, 15) is 4.79 Å². The second kappa shape index (κ2) is 7.29. The number of carbonyl (C=O) groups is 1. The van der Waals surface area contributed by atoms with Gasteiger partial charge >= 0.3 is 5.97 Å². The fraction of sp³-hybridized carbons (Fsp3) is 0.438. The fourth-order valence-corrected chi connectivity index (χ4v) is 3.42. The summed E-state index contributed by atoms with van der Waals surface area (Å²) in [6.07, 6.45) is 3.91. The van der Waals surface area contributed by atoms with Gasteiger partial charge in [-0.1, -0.05) is 56.0 Å². The monoisotopic (exact) mass is 276 g/mol. The molecule has 104 valence electrons. The molecule has 1 aromatic carbocycles. The SMILES string of the molecule is COC(=O)/C(=C/CCc1ccccc1)C[Si](C)(C)C. The van der Waals surface area contributed by atoms with Crippen LogP contribution in [0.25, 0.3) is 0 Å². The summed E-state index contributed by atoms with van der Waals surface area (Å²) in [6.45, 7) is 6.79. The molecule has 0 bridgehead atoms. The van der Waals surface area contributed by atoms with E-state index in [1.807, 2.05) is 18.2 Å². The standard InChI is InChI=1S/C16H24O2Si/c1-18-16(17)15(13-19(2,3)4)12-8-11-14-9-6-5-7-10-14/h5-7,9-10,12H,8,11,13H2,1-4H3/b15-12+. The van der Waals surface area contributed by atoms with Gasteiger partial charge in [0.15, 0.2) is 0 Å². The van der Waals surface area contributed by atoms with Crippen molar-refractivity contribution in [3.8, 4) is 0 Å². The highest BCUT2D eigenvalue weighted by Crippen LogP contribution is 2.18. The lowest BCUT2D eigenvalue weighted by atomic mass is 10.1. The first kappa shape index (κ1) is 15.7. The largest absolute Gasteiger partial charge is 0.466 e. The number of allylic oxidation sites excluding steroid dienone is 1. The molecule has 0 fully saturated rings. The van der Waals surface area contributed by atoms with Crippen molar-refractivity contribution in [3.63, 3.8) is 0 Å². The number of ether oxygens (including phenoxy) is 1. The molecule has 19 heavy (non-hydrogen) atoms. The zero-order valence-electron chi connectivity index (χ0n) is 12.4. The van der Waals surface area contributed by atoms with Crippen LogP contribution in [0.5, 0.6) is 0 Å². The lowest BCUT2D eigenvalue weighted by molar-refractivity contribution is -0.136. The Morgan fingerprint density at radius 1 is 1.21 bits per heavy atom. The molecule has 0 heterocycles. The van der Waals surface area contributed by atoms with Crippen molar-refractivity contribution in [2.75, 3.05) is 7.11 Å². The van der Waals surface area contributed by atoms with Crippen LogP contribution >= 0.6 is 0 Å². The number of carbonyl (C=O) groups excluding carboxylic acids is 1. The maximum Gasteiger partial charge on any atom is 0.333 e. The van der Waals surface area contributed by atoms with Gasteiger partial charge in [0, 0.05) is 13.6 Å². The lowest BCUT2D eigenvalue weighted by Gasteiger charge is -2.17. The van der Waals surface area contributed by atoms with E-state index in [4.69, 9.17) is 4.74 Å². The molecule has 3 heteroatoms. The third-order valence-electron chi connectivity index (χ3n) is 2.83. The van der Waals surface area contributed by atoms with E-state index >= 15 is 0 Å². The molecule has 0 amide bonds. The molecule has 0 aliphatic heterocycles. The van der Waals surface area contributed by atoms with Crippen molar-refractivity contribution in [3.05, 3.63) is 47.5 Å². The van der Waals surface area contributed by atoms with Crippen LogP contribution in [0, 0.1) is 0 Å². The summed E-state index contributed by atoms with van der Waals surface area (Å²) in [5.41, 5.74) is 2.15. The Morgan fingerprint density at radius 2 is 1.84 bits per heavy atom. The van der Waals surface area contributed by atoms with E-state index in [0.29, 0.717) is 0 Å². The van der Waals surface area contributed by atoms with E-state index in [2.05, 4.69) is 37.8 Å². The second-order valence-electron chi connectivity index (χ2n) is 5.98. The predicted molar refractivity (Wildman–Crippen MR) is 83.0 cm³/mol. The van der Waals surface area contributed by atoms with Crippen LogP contribution in [-0.4, -0.2) is 21.2 Å². The number of hydrogen-bond acceptors (Lipinski definition) is 2. The number of esters is 1. The summed E-state index contributed by atoms with van der Waals surface area (Å²) in [6, 6.07) is 11.2. The maximum atomic E-state index is 11.8. The molecule has 0 saturated heterocycles. The van der Waals surface area contributed by atoms with Crippen molar-refractivity contribution in [1.29, 1.82) is 0 Å². The van der Waals surface area contributed by atoms with Crippen LogP contribution in [0.3, 0.4) is 0 Å². The van der Waals surface area contributed by atoms with E-state index in [1.54, 1.807) is 0 Å². The van der Waals surface area contributed by atoms with Gasteiger partial charge in [0.25, 0.3) is 0 Å². The van der Waals surface area contributed by atoms with Gasteiger partial charge in [0.05, 0.1) is 7.11 Å². The Kier molecular flexibility index (Phi) is 6.02. The van der Waals surface area contributed by atoms with Crippen molar-refractivity contribution in [2.24, 2.45) is 0 Å². The molecule has 0 aromatic heterocycles. The minimum atomic E-state index is -1.30. The molecular formula is C16H24O2Si. The van der Waals surface area contributed by atoms with E-state index in [0.717, 1.165) is 24.5 Å². The minimum absolute atomic E-state index is 0.171. The van der Waals surface area contributed by atoms with Crippen LogP contribution in [0.2, 0.25) is 25.7 Å². The van der Waals surface area contributed by atoms with Gasteiger partial charge in [-0.2, -0.15) is 0 Å².